The van der Waals surface area contributed by atoms with Crippen LogP contribution in [-0.4, -0.2) is 29.9 Å². The maximum absolute atomic E-state index is 12.8. The number of imidazole rings is 1. The zero-order valence-electron chi connectivity index (χ0n) is 16.2. The van der Waals surface area contributed by atoms with Gasteiger partial charge in [0.1, 0.15) is 10.6 Å². The Labute approximate surface area is 169 Å². The number of methoxy groups -OCH3 is 1. The Morgan fingerprint density at radius 3 is 2.48 bits per heavy atom. The number of benzene rings is 2. The molecule has 0 bridgehead atoms. The second kappa shape index (κ2) is 7.21. The second-order valence-corrected chi connectivity index (χ2v) is 8.39. The Balaban J connectivity index is 1.61. The molecular formula is C21H20N4O3S. The van der Waals surface area contributed by atoms with Crippen LogP contribution in [0.2, 0.25) is 0 Å². The van der Waals surface area contributed by atoms with Crippen molar-refractivity contribution in [1.29, 1.82) is 0 Å². The van der Waals surface area contributed by atoms with Crippen molar-refractivity contribution in [3.8, 4) is 17.0 Å². The van der Waals surface area contributed by atoms with E-state index in [0.717, 1.165) is 22.5 Å². The lowest BCUT2D eigenvalue weighted by Crippen LogP contribution is -2.14. The minimum atomic E-state index is -3.79. The Morgan fingerprint density at radius 1 is 1.00 bits per heavy atom. The van der Waals surface area contributed by atoms with Gasteiger partial charge in [-0.1, -0.05) is 18.2 Å². The molecule has 2 aromatic carbocycles. The van der Waals surface area contributed by atoms with Crippen LogP contribution >= 0.6 is 0 Å². The molecule has 0 spiro atoms. The lowest BCUT2D eigenvalue weighted by Gasteiger charge is -2.12. The zero-order chi connectivity index (χ0) is 20.6. The number of hydrogen-bond acceptors (Lipinski definition) is 5. The normalized spacial score (nSPS) is 11.6. The van der Waals surface area contributed by atoms with Crippen molar-refractivity contribution in [3.63, 3.8) is 0 Å². The Morgan fingerprint density at radius 2 is 1.76 bits per heavy atom. The zero-order valence-corrected chi connectivity index (χ0v) is 17.1. The number of anilines is 1. The van der Waals surface area contributed by atoms with Gasteiger partial charge in [0.25, 0.3) is 10.0 Å². The summed E-state index contributed by atoms with van der Waals surface area (Å²) in [6, 6.07) is 14.0. The minimum Gasteiger partial charge on any atom is -0.495 e. The smallest absolute Gasteiger partial charge is 0.265 e. The van der Waals surface area contributed by atoms with Crippen molar-refractivity contribution < 1.29 is 13.2 Å². The largest absolute Gasteiger partial charge is 0.495 e. The van der Waals surface area contributed by atoms with E-state index in [2.05, 4.69) is 14.7 Å². The van der Waals surface area contributed by atoms with Gasteiger partial charge in [-0.05, 0) is 49.7 Å². The summed E-state index contributed by atoms with van der Waals surface area (Å²) in [7, 11) is -2.34. The fraction of sp³-hybridized carbons (Fsp3) is 0.143. The van der Waals surface area contributed by atoms with E-state index < -0.39 is 10.0 Å². The van der Waals surface area contributed by atoms with Gasteiger partial charge in [-0.15, -0.1) is 0 Å². The average Bonchev–Trinajstić information content (AvgIpc) is 3.11. The molecule has 0 aliphatic carbocycles. The summed E-state index contributed by atoms with van der Waals surface area (Å²) in [5.41, 5.74) is 3.81. The van der Waals surface area contributed by atoms with Gasteiger partial charge in [0, 0.05) is 29.3 Å². The summed E-state index contributed by atoms with van der Waals surface area (Å²) < 4.78 is 35.3. The van der Waals surface area contributed by atoms with Crippen LogP contribution in [0.3, 0.4) is 0 Å². The molecule has 7 nitrogen and oxygen atoms in total. The number of nitrogens with one attached hydrogen (secondary N) is 1. The highest BCUT2D eigenvalue weighted by molar-refractivity contribution is 7.92. The molecule has 0 aliphatic heterocycles. The molecular weight excluding hydrogens is 388 g/mol. The van der Waals surface area contributed by atoms with Gasteiger partial charge >= 0.3 is 0 Å². The maximum atomic E-state index is 12.8. The highest BCUT2D eigenvalue weighted by Gasteiger charge is 2.20. The lowest BCUT2D eigenvalue weighted by molar-refractivity contribution is 0.402. The van der Waals surface area contributed by atoms with Crippen molar-refractivity contribution in [3.05, 3.63) is 72.2 Å². The molecule has 4 aromatic rings. The SMILES string of the molecule is COc1ccc(C)cc1S(=O)(=O)Nc1ccc(-c2cn3ccc(C)nc3n2)cc1. The van der Waals surface area contributed by atoms with Crippen LogP contribution in [0.4, 0.5) is 5.69 Å². The van der Waals surface area contributed by atoms with Crippen LogP contribution in [0.25, 0.3) is 17.0 Å². The molecule has 0 saturated heterocycles. The number of ether oxygens (including phenoxy) is 1. The second-order valence-electron chi connectivity index (χ2n) is 6.74. The maximum Gasteiger partial charge on any atom is 0.265 e. The number of hydrogen-bond donors (Lipinski definition) is 1. The minimum absolute atomic E-state index is 0.103. The van der Waals surface area contributed by atoms with E-state index in [-0.39, 0.29) is 4.90 Å². The van der Waals surface area contributed by atoms with Crippen molar-refractivity contribution in [2.24, 2.45) is 0 Å². The van der Waals surface area contributed by atoms with Gasteiger partial charge in [-0.25, -0.2) is 18.4 Å². The van der Waals surface area contributed by atoms with Crippen LogP contribution in [0.1, 0.15) is 11.3 Å². The van der Waals surface area contributed by atoms with Gasteiger partial charge in [-0.2, -0.15) is 0 Å². The van der Waals surface area contributed by atoms with E-state index in [9.17, 15) is 8.42 Å². The van der Waals surface area contributed by atoms with Crippen LogP contribution < -0.4 is 9.46 Å². The molecule has 4 rings (SSSR count). The predicted octanol–water partition coefficient (Wildman–Crippen LogP) is 3.82. The van der Waals surface area contributed by atoms with Gasteiger partial charge in [0.05, 0.1) is 12.8 Å². The summed E-state index contributed by atoms with van der Waals surface area (Å²) in [4.78, 5) is 9.02. The summed E-state index contributed by atoms with van der Waals surface area (Å²) >= 11 is 0. The highest BCUT2D eigenvalue weighted by Crippen LogP contribution is 2.28. The molecule has 0 atom stereocenters. The van der Waals surface area contributed by atoms with Crippen molar-refractivity contribution in [2.75, 3.05) is 11.8 Å². The van der Waals surface area contributed by atoms with Crippen LogP contribution in [0.15, 0.2) is 65.8 Å². The lowest BCUT2D eigenvalue weighted by atomic mass is 10.1. The van der Waals surface area contributed by atoms with E-state index in [1.165, 1.54) is 7.11 Å². The molecule has 8 heteroatoms. The van der Waals surface area contributed by atoms with Gasteiger partial charge in [0.15, 0.2) is 0 Å². The first-order valence-corrected chi connectivity index (χ1v) is 10.4. The molecule has 148 valence electrons. The molecule has 2 heterocycles. The molecule has 1 N–H and O–H groups in total. The number of sulfonamides is 1. The van der Waals surface area contributed by atoms with E-state index >= 15 is 0 Å². The quantitative estimate of drug-likeness (QED) is 0.543. The topological polar surface area (TPSA) is 85.6 Å². The molecule has 0 aliphatic rings. The number of aryl methyl sites for hydroxylation is 2. The monoisotopic (exact) mass is 408 g/mol. The van der Waals surface area contributed by atoms with Gasteiger partial charge in [-0.3, -0.25) is 9.12 Å². The van der Waals surface area contributed by atoms with E-state index in [4.69, 9.17) is 4.74 Å². The van der Waals surface area contributed by atoms with Crippen molar-refractivity contribution in [1.82, 2.24) is 14.4 Å². The van der Waals surface area contributed by atoms with E-state index in [1.807, 2.05) is 48.8 Å². The third-order valence-electron chi connectivity index (χ3n) is 4.51. The summed E-state index contributed by atoms with van der Waals surface area (Å²) in [5.74, 6) is 0.920. The molecule has 0 radical (unpaired) electrons. The Kier molecular flexibility index (Phi) is 4.71. The third-order valence-corrected chi connectivity index (χ3v) is 5.91. The Hall–Kier alpha value is -3.39. The van der Waals surface area contributed by atoms with E-state index in [0.29, 0.717) is 17.2 Å². The predicted molar refractivity (Wildman–Crippen MR) is 112 cm³/mol. The van der Waals surface area contributed by atoms with E-state index in [1.54, 1.807) is 30.3 Å². The molecule has 0 saturated carbocycles. The number of aromatic nitrogens is 3. The molecule has 0 unspecified atom stereocenters. The third kappa shape index (κ3) is 3.79. The molecule has 0 fully saturated rings. The van der Waals surface area contributed by atoms with Gasteiger partial charge in [0.2, 0.25) is 5.78 Å². The molecule has 2 aromatic heterocycles. The first-order valence-electron chi connectivity index (χ1n) is 8.96. The van der Waals surface area contributed by atoms with Gasteiger partial charge < -0.3 is 4.74 Å². The van der Waals surface area contributed by atoms with Crippen LogP contribution in [0, 0.1) is 13.8 Å². The van der Waals surface area contributed by atoms with Crippen molar-refractivity contribution >= 4 is 21.5 Å². The Bertz CT molecular complexity index is 1300. The number of rotatable bonds is 5. The first kappa shape index (κ1) is 18.9. The molecule has 0 amide bonds. The average molecular weight is 408 g/mol. The summed E-state index contributed by atoms with van der Waals surface area (Å²) in [5, 5.41) is 0. The van der Waals surface area contributed by atoms with Crippen LogP contribution in [0.5, 0.6) is 5.75 Å². The van der Waals surface area contributed by atoms with Crippen molar-refractivity contribution in [2.45, 2.75) is 18.7 Å². The fourth-order valence-electron chi connectivity index (χ4n) is 3.01. The summed E-state index contributed by atoms with van der Waals surface area (Å²) in [6.07, 6.45) is 3.80. The number of fused-ring (bicyclic) bond motifs is 1. The van der Waals surface area contributed by atoms with Crippen LogP contribution in [-0.2, 0) is 10.0 Å². The number of nitrogens with zero attached hydrogens (tertiary/aromatic N) is 3. The molecule has 29 heavy (non-hydrogen) atoms. The fourth-order valence-corrected chi connectivity index (χ4v) is 4.33. The standard InChI is InChI=1S/C21H20N4O3S/c1-14-4-9-19(28-3)20(12-14)29(26,27)24-17-7-5-16(6-8-17)18-13-25-11-10-15(2)22-21(25)23-18/h4-13,24H,1-3H3. The highest BCUT2D eigenvalue weighted by atomic mass is 32.2. The first-order chi connectivity index (χ1) is 13.9. The summed E-state index contributed by atoms with van der Waals surface area (Å²) in [6.45, 7) is 3.75.